The van der Waals surface area contributed by atoms with Crippen molar-refractivity contribution < 1.29 is 9.90 Å². The normalized spacial score (nSPS) is 19.0. The third kappa shape index (κ3) is 2.59. The van der Waals surface area contributed by atoms with Crippen LogP contribution in [0.5, 0.6) is 5.75 Å². The van der Waals surface area contributed by atoms with Gasteiger partial charge in [0.1, 0.15) is 17.1 Å². The van der Waals surface area contributed by atoms with E-state index < -0.39 is 5.66 Å². The highest BCUT2D eigenvalue weighted by Crippen LogP contribution is 2.27. The van der Waals surface area contributed by atoms with Gasteiger partial charge in [-0.15, -0.1) is 6.42 Å². The molecule has 5 heteroatoms. The minimum absolute atomic E-state index is 0.00816. The van der Waals surface area contributed by atoms with Crippen LogP contribution < -0.4 is 5.32 Å². The average molecular weight is 291 g/mol. The summed E-state index contributed by atoms with van der Waals surface area (Å²) in [5.74, 6) is 2.33. The number of benzene rings is 1. The fraction of sp³-hybridized carbons (Fsp3) is 0.267. The van der Waals surface area contributed by atoms with Gasteiger partial charge in [-0.25, -0.2) is 0 Å². The van der Waals surface area contributed by atoms with Crippen molar-refractivity contribution in [1.82, 2.24) is 10.2 Å². The maximum atomic E-state index is 12.3. The van der Waals surface area contributed by atoms with Crippen molar-refractivity contribution >= 4 is 23.6 Å². The summed E-state index contributed by atoms with van der Waals surface area (Å²) in [6.45, 7) is 4.01. The largest absolute Gasteiger partial charge is 0.506 e. The first-order valence-electron chi connectivity index (χ1n) is 6.09. The maximum absolute atomic E-state index is 12.3. The fourth-order valence-corrected chi connectivity index (χ4v) is 2.28. The Kier molecular flexibility index (Phi) is 3.65. The second-order valence-electron chi connectivity index (χ2n) is 5.05. The molecule has 0 aliphatic carbocycles. The Morgan fingerprint density at radius 1 is 1.55 bits per heavy atom. The first kappa shape index (κ1) is 14.3. The highest BCUT2D eigenvalue weighted by molar-refractivity contribution is 6.32. The number of hydrogen-bond donors (Lipinski definition) is 2. The van der Waals surface area contributed by atoms with Crippen LogP contribution in [0.2, 0.25) is 5.02 Å². The molecule has 1 aromatic rings. The molecule has 0 radical (unpaired) electrons. The van der Waals surface area contributed by atoms with Crippen molar-refractivity contribution in [3.63, 3.8) is 0 Å². The van der Waals surface area contributed by atoms with Crippen LogP contribution in [0.4, 0.5) is 0 Å². The predicted octanol–water partition coefficient (Wildman–Crippen LogP) is 2.19. The molecule has 104 valence electrons. The lowest BCUT2D eigenvalue weighted by molar-refractivity contribution is -0.127. The number of amides is 1. The summed E-state index contributed by atoms with van der Waals surface area (Å²) in [6, 6.07) is 4.76. The highest BCUT2D eigenvalue weighted by Gasteiger charge is 2.40. The summed E-state index contributed by atoms with van der Waals surface area (Å²) < 4.78 is 0. The van der Waals surface area contributed by atoms with Crippen LogP contribution in [-0.4, -0.2) is 28.1 Å². The summed E-state index contributed by atoms with van der Waals surface area (Å²) in [4.78, 5) is 13.9. The number of hydrogen-bond acceptors (Lipinski definition) is 3. The van der Waals surface area contributed by atoms with Gasteiger partial charge < -0.3 is 15.3 Å². The van der Waals surface area contributed by atoms with Gasteiger partial charge in [0.2, 0.25) is 0 Å². The molecule has 1 amide bonds. The number of aromatic hydroxyl groups is 1. The van der Waals surface area contributed by atoms with E-state index in [9.17, 15) is 9.90 Å². The molecule has 1 aliphatic rings. The molecule has 2 rings (SSSR count). The van der Waals surface area contributed by atoms with Crippen molar-refractivity contribution in [2.24, 2.45) is 0 Å². The molecule has 0 aromatic heterocycles. The van der Waals surface area contributed by atoms with Gasteiger partial charge in [-0.1, -0.05) is 23.6 Å². The molecule has 4 nitrogen and oxygen atoms in total. The zero-order valence-electron chi connectivity index (χ0n) is 11.3. The summed E-state index contributed by atoms with van der Waals surface area (Å²) in [5, 5.41) is 12.8. The van der Waals surface area contributed by atoms with Gasteiger partial charge in [0.25, 0.3) is 5.91 Å². The standard InChI is InChI=1S/C15H15ClN2O2/c1-4-7-18-14(20)12(17-15(18,2)3)9-10-5-6-13(19)11(16)8-10/h1,5-6,8-9,17,19H,7H2,2-3H3/b12-9-. The van der Waals surface area contributed by atoms with E-state index in [4.69, 9.17) is 18.0 Å². The van der Waals surface area contributed by atoms with Gasteiger partial charge >= 0.3 is 0 Å². The molecular formula is C15H15ClN2O2. The summed E-state index contributed by atoms with van der Waals surface area (Å²) >= 11 is 5.85. The Morgan fingerprint density at radius 3 is 2.85 bits per heavy atom. The molecule has 1 aliphatic heterocycles. The topological polar surface area (TPSA) is 52.6 Å². The minimum Gasteiger partial charge on any atom is -0.506 e. The average Bonchev–Trinajstić information content (AvgIpc) is 2.58. The number of halogens is 1. The van der Waals surface area contributed by atoms with E-state index in [2.05, 4.69) is 11.2 Å². The SMILES string of the molecule is C#CCN1C(=O)/C(=C/c2ccc(O)c(Cl)c2)NC1(C)C. The molecule has 1 saturated heterocycles. The molecule has 0 spiro atoms. The van der Waals surface area contributed by atoms with Gasteiger partial charge in [0.05, 0.1) is 11.6 Å². The van der Waals surface area contributed by atoms with Crippen LogP contribution in [0.15, 0.2) is 23.9 Å². The number of rotatable bonds is 2. The van der Waals surface area contributed by atoms with Crippen LogP contribution in [-0.2, 0) is 4.79 Å². The number of phenolic OH excluding ortho intramolecular Hbond substituents is 1. The van der Waals surface area contributed by atoms with Gasteiger partial charge in [-0.2, -0.15) is 0 Å². The monoisotopic (exact) mass is 290 g/mol. The Hall–Kier alpha value is -2.12. The van der Waals surface area contributed by atoms with Crippen molar-refractivity contribution in [1.29, 1.82) is 0 Å². The minimum atomic E-state index is -0.532. The molecule has 1 heterocycles. The molecule has 0 bridgehead atoms. The molecule has 1 fully saturated rings. The van der Waals surface area contributed by atoms with Crippen molar-refractivity contribution in [3.8, 4) is 18.1 Å². The number of terminal acetylenes is 1. The first-order chi connectivity index (χ1) is 9.35. The van der Waals surface area contributed by atoms with Crippen molar-refractivity contribution in [3.05, 3.63) is 34.5 Å². The smallest absolute Gasteiger partial charge is 0.272 e. The second kappa shape index (κ2) is 5.10. The lowest BCUT2D eigenvalue weighted by Crippen LogP contribution is -2.46. The Balaban J connectivity index is 2.34. The zero-order valence-corrected chi connectivity index (χ0v) is 12.0. The predicted molar refractivity (Wildman–Crippen MR) is 78.9 cm³/mol. The van der Waals surface area contributed by atoms with Crippen LogP contribution in [0, 0.1) is 12.3 Å². The fourth-order valence-electron chi connectivity index (χ4n) is 2.09. The summed E-state index contributed by atoms with van der Waals surface area (Å²) in [5.41, 5.74) is 0.643. The van der Waals surface area contributed by atoms with Gasteiger partial charge in [-0.3, -0.25) is 4.79 Å². The summed E-state index contributed by atoms with van der Waals surface area (Å²) in [7, 11) is 0. The number of carbonyl (C=O) groups excluding carboxylic acids is 1. The Morgan fingerprint density at radius 2 is 2.25 bits per heavy atom. The van der Waals surface area contributed by atoms with Crippen molar-refractivity contribution in [2.75, 3.05) is 6.54 Å². The quantitative estimate of drug-likeness (QED) is 0.648. The van der Waals surface area contributed by atoms with E-state index in [0.717, 1.165) is 5.56 Å². The second-order valence-corrected chi connectivity index (χ2v) is 5.46. The molecule has 0 unspecified atom stereocenters. The highest BCUT2D eigenvalue weighted by atomic mass is 35.5. The molecule has 0 atom stereocenters. The summed E-state index contributed by atoms with van der Waals surface area (Å²) in [6.07, 6.45) is 6.98. The first-order valence-corrected chi connectivity index (χ1v) is 6.47. The van der Waals surface area contributed by atoms with Crippen molar-refractivity contribution in [2.45, 2.75) is 19.5 Å². The molecule has 2 N–H and O–H groups in total. The van der Waals surface area contributed by atoms with E-state index in [1.54, 1.807) is 23.1 Å². The Labute approximate surface area is 123 Å². The molecule has 1 aromatic carbocycles. The molecule has 0 saturated carbocycles. The number of phenols is 1. The molecule has 20 heavy (non-hydrogen) atoms. The van der Waals surface area contributed by atoms with E-state index in [1.165, 1.54) is 6.07 Å². The van der Waals surface area contributed by atoms with Gasteiger partial charge in [0, 0.05) is 0 Å². The lowest BCUT2D eigenvalue weighted by atomic mass is 10.2. The van der Waals surface area contributed by atoms with E-state index in [1.807, 2.05) is 13.8 Å². The maximum Gasteiger partial charge on any atom is 0.272 e. The van der Waals surface area contributed by atoms with Gasteiger partial charge in [-0.05, 0) is 37.6 Å². The number of nitrogens with one attached hydrogen (secondary N) is 1. The van der Waals surface area contributed by atoms with E-state index >= 15 is 0 Å². The van der Waals surface area contributed by atoms with Gasteiger partial charge in [0.15, 0.2) is 0 Å². The lowest BCUT2D eigenvalue weighted by Gasteiger charge is -2.28. The van der Waals surface area contributed by atoms with E-state index in [-0.39, 0.29) is 23.2 Å². The molecular weight excluding hydrogens is 276 g/mol. The van der Waals surface area contributed by atoms with Crippen LogP contribution in [0.25, 0.3) is 6.08 Å². The van der Waals surface area contributed by atoms with Crippen LogP contribution in [0.1, 0.15) is 19.4 Å². The number of nitrogens with zero attached hydrogens (tertiary/aromatic N) is 1. The Bertz CT molecular complexity index is 629. The zero-order chi connectivity index (χ0) is 14.9. The number of carbonyl (C=O) groups is 1. The van der Waals surface area contributed by atoms with Crippen LogP contribution in [0.3, 0.4) is 0 Å². The third-order valence-corrected chi connectivity index (χ3v) is 3.43. The van der Waals surface area contributed by atoms with E-state index in [0.29, 0.717) is 5.70 Å². The third-order valence-electron chi connectivity index (χ3n) is 3.12. The van der Waals surface area contributed by atoms with Crippen LogP contribution >= 0.6 is 11.6 Å².